The minimum absolute atomic E-state index is 0.0702. The molecule has 0 unspecified atom stereocenters. The van der Waals surface area contributed by atoms with Gasteiger partial charge >= 0.3 is 12.0 Å². The normalized spacial score (nSPS) is 9.61. The Morgan fingerprint density at radius 3 is 2.78 bits per heavy atom. The van der Waals surface area contributed by atoms with E-state index >= 15 is 0 Å². The van der Waals surface area contributed by atoms with Crippen molar-refractivity contribution in [2.45, 2.75) is 6.42 Å². The number of hydrogen-bond donors (Lipinski definition) is 3. The molecule has 0 saturated heterocycles. The number of anilines is 1. The van der Waals surface area contributed by atoms with E-state index in [1.807, 2.05) is 22.6 Å². The first-order valence-electron chi connectivity index (χ1n) is 5.23. The lowest BCUT2D eigenvalue weighted by molar-refractivity contribution is 0.0698. The molecule has 0 aliphatic carbocycles. The number of rotatable bonds is 5. The van der Waals surface area contributed by atoms with Gasteiger partial charge in [0.2, 0.25) is 0 Å². The number of carbonyl (C=O) groups is 2. The zero-order valence-electron chi connectivity index (χ0n) is 9.57. The molecule has 0 aliphatic rings. The number of benzene rings is 1. The van der Waals surface area contributed by atoms with Gasteiger partial charge in [0.1, 0.15) is 0 Å². The maximum atomic E-state index is 11.5. The zero-order chi connectivity index (χ0) is 13.5. The summed E-state index contributed by atoms with van der Waals surface area (Å²) in [7, 11) is 0. The molecule has 0 radical (unpaired) electrons. The van der Waals surface area contributed by atoms with Crippen molar-refractivity contribution in [1.29, 1.82) is 0 Å². The van der Waals surface area contributed by atoms with E-state index in [4.69, 9.17) is 5.11 Å². The topological polar surface area (TPSA) is 78.4 Å². The predicted octanol–water partition coefficient (Wildman–Crippen LogP) is 2.69. The third-order valence-electron chi connectivity index (χ3n) is 2.09. The summed E-state index contributed by atoms with van der Waals surface area (Å²) in [6, 6.07) is 4.37. The van der Waals surface area contributed by atoms with Gasteiger partial charge in [-0.3, -0.25) is 0 Å². The maximum Gasteiger partial charge on any atom is 0.337 e. The Balaban J connectivity index is 2.74. The molecule has 1 aromatic rings. The lowest BCUT2D eigenvalue weighted by Gasteiger charge is -2.09. The van der Waals surface area contributed by atoms with Crippen molar-refractivity contribution >= 4 is 40.3 Å². The summed E-state index contributed by atoms with van der Waals surface area (Å²) in [4.78, 5) is 22.5. The molecule has 0 atom stereocenters. The molecule has 0 fully saturated rings. The minimum Gasteiger partial charge on any atom is -0.478 e. The number of carboxylic acids is 1. The summed E-state index contributed by atoms with van der Waals surface area (Å²) in [5, 5.41) is 14.1. The zero-order valence-corrected chi connectivity index (χ0v) is 11.7. The van der Waals surface area contributed by atoms with Crippen molar-refractivity contribution < 1.29 is 14.7 Å². The van der Waals surface area contributed by atoms with Gasteiger partial charge in [-0.25, -0.2) is 9.59 Å². The van der Waals surface area contributed by atoms with E-state index in [1.54, 1.807) is 18.2 Å². The third-order valence-corrected chi connectivity index (χ3v) is 2.77. The summed E-state index contributed by atoms with van der Waals surface area (Å²) in [5.74, 6) is -1.07. The smallest absolute Gasteiger partial charge is 0.337 e. The van der Waals surface area contributed by atoms with Crippen LogP contribution in [0.15, 0.2) is 30.9 Å². The van der Waals surface area contributed by atoms with Crippen molar-refractivity contribution in [2.75, 3.05) is 11.9 Å². The fourth-order valence-corrected chi connectivity index (χ4v) is 1.75. The lowest BCUT2D eigenvalue weighted by Crippen LogP contribution is -2.30. The molecule has 0 aromatic heterocycles. The highest BCUT2D eigenvalue weighted by molar-refractivity contribution is 14.1. The molecule has 0 heterocycles. The molecule has 6 heteroatoms. The molecule has 0 bridgehead atoms. The highest BCUT2D eigenvalue weighted by atomic mass is 127. The van der Waals surface area contributed by atoms with Gasteiger partial charge in [0.05, 0.1) is 11.3 Å². The first-order valence-corrected chi connectivity index (χ1v) is 6.31. The number of carbonyl (C=O) groups excluding carboxylic acids is 1. The van der Waals surface area contributed by atoms with Crippen LogP contribution in [0.4, 0.5) is 10.5 Å². The van der Waals surface area contributed by atoms with Gasteiger partial charge < -0.3 is 15.7 Å². The van der Waals surface area contributed by atoms with Crippen molar-refractivity contribution in [3.05, 3.63) is 40.0 Å². The van der Waals surface area contributed by atoms with Crippen LogP contribution in [0.3, 0.4) is 0 Å². The molecule has 1 aromatic carbocycles. The van der Waals surface area contributed by atoms with E-state index in [2.05, 4.69) is 17.2 Å². The van der Waals surface area contributed by atoms with Crippen LogP contribution in [-0.4, -0.2) is 23.7 Å². The van der Waals surface area contributed by atoms with Crippen molar-refractivity contribution in [3.63, 3.8) is 0 Å². The highest BCUT2D eigenvalue weighted by Crippen LogP contribution is 2.18. The average molecular weight is 360 g/mol. The number of carboxylic acid groups (broad SMARTS) is 1. The number of halogens is 1. The van der Waals surface area contributed by atoms with Crippen molar-refractivity contribution in [2.24, 2.45) is 0 Å². The molecule has 0 spiro atoms. The van der Waals surface area contributed by atoms with E-state index < -0.39 is 12.0 Å². The average Bonchev–Trinajstić information content (AvgIpc) is 2.31. The fourth-order valence-electron chi connectivity index (χ4n) is 1.26. The molecule has 18 heavy (non-hydrogen) atoms. The quantitative estimate of drug-likeness (QED) is 0.429. The molecule has 0 saturated carbocycles. The number of hydrogen-bond acceptors (Lipinski definition) is 2. The second-order valence-corrected chi connectivity index (χ2v) is 4.70. The molecule has 1 rings (SSSR count). The summed E-state index contributed by atoms with van der Waals surface area (Å²) < 4.78 is 0.794. The third kappa shape index (κ3) is 4.36. The summed E-state index contributed by atoms with van der Waals surface area (Å²) in [6.07, 6.45) is 2.35. The second kappa shape index (κ2) is 7.00. The van der Waals surface area contributed by atoms with E-state index in [0.29, 0.717) is 13.0 Å². The molecule has 3 N–H and O–H groups in total. The van der Waals surface area contributed by atoms with Crippen LogP contribution in [0, 0.1) is 3.57 Å². The fraction of sp³-hybridized carbons (Fsp3) is 0.167. The van der Waals surface area contributed by atoms with Gasteiger partial charge in [0, 0.05) is 10.1 Å². The molecule has 5 nitrogen and oxygen atoms in total. The van der Waals surface area contributed by atoms with Crippen LogP contribution >= 0.6 is 22.6 Å². The van der Waals surface area contributed by atoms with Crippen molar-refractivity contribution in [1.82, 2.24) is 5.32 Å². The van der Waals surface area contributed by atoms with Crippen LogP contribution in [0.5, 0.6) is 0 Å². The van der Waals surface area contributed by atoms with Crippen LogP contribution < -0.4 is 10.6 Å². The van der Waals surface area contributed by atoms with Crippen LogP contribution in [0.1, 0.15) is 16.8 Å². The number of aromatic carboxylic acids is 1. The summed E-state index contributed by atoms with van der Waals surface area (Å²) in [6.45, 7) is 4.00. The van der Waals surface area contributed by atoms with E-state index in [-0.39, 0.29) is 11.3 Å². The lowest BCUT2D eigenvalue weighted by atomic mass is 10.2. The highest BCUT2D eigenvalue weighted by Gasteiger charge is 2.12. The molecule has 0 aliphatic heterocycles. The Bertz CT molecular complexity index is 474. The molecular weight excluding hydrogens is 347 g/mol. The summed E-state index contributed by atoms with van der Waals surface area (Å²) in [5.41, 5.74) is 0.347. The first kappa shape index (κ1) is 14.5. The monoisotopic (exact) mass is 360 g/mol. The van der Waals surface area contributed by atoms with E-state index in [0.717, 1.165) is 3.57 Å². The molecule has 96 valence electrons. The van der Waals surface area contributed by atoms with Gasteiger partial charge in [-0.05, 0) is 47.2 Å². The standard InChI is InChI=1S/C12H13IN2O3/c1-2-3-6-14-12(18)15-10-5-4-8(13)7-9(10)11(16)17/h2,4-5,7H,1,3,6H2,(H,16,17)(H2,14,15,18). The van der Waals surface area contributed by atoms with Gasteiger partial charge in [0.25, 0.3) is 0 Å². The predicted molar refractivity (Wildman–Crippen MR) is 78.0 cm³/mol. The number of amides is 2. The van der Waals surface area contributed by atoms with Gasteiger partial charge in [-0.2, -0.15) is 0 Å². The van der Waals surface area contributed by atoms with Gasteiger partial charge in [-0.1, -0.05) is 6.08 Å². The minimum atomic E-state index is -1.07. The van der Waals surface area contributed by atoms with Crippen LogP contribution in [0.25, 0.3) is 0 Å². The molecular formula is C12H13IN2O3. The largest absolute Gasteiger partial charge is 0.478 e. The maximum absolute atomic E-state index is 11.5. The van der Waals surface area contributed by atoms with Crippen LogP contribution in [-0.2, 0) is 0 Å². The molecule has 2 amide bonds. The Hall–Kier alpha value is -1.57. The Kier molecular flexibility index (Phi) is 5.63. The van der Waals surface area contributed by atoms with Gasteiger partial charge in [0.15, 0.2) is 0 Å². The second-order valence-electron chi connectivity index (χ2n) is 3.45. The Labute approximate surface area is 118 Å². The van der Waals surface area contributed by atoms with Crippen LogP contribution in [0.2, 0.25) is 0 Å². The number of nitrogens with one attached hydrogen (secondary N) is 2. The van der Waals surface area contributed by atoms with Gasteiger partial charge in [-0.15, -0.1) is 6.58 Å². The van der Waals surface area contributed by atoms with Crippen molar-refractivity contribution in [3.8, 4) is 0 Å². The van der Waals surface area contributed by atoms with E-state index in [9.17, 15) is 9.59 Å². The van der Waals surface area contributed by atoms with E-state index in [1.165, 1.54) is 6.07 Å². The summed E-state index contributed by atoms with van der Waals surface area (Å²) >= 11 is 2.01. The first-order chi connectivity index (χ1) is 8.54. The Morgan fingerprint density at radius 2 is 2.17 bits per heavy atom. The SMILES string of the molecule is C=CCCNC(=O)Nc1ccc(I)cc1C(=O)O. The number of urea groups is 1. The Morgan fingerprint density at radius 1 is 1.44 bits per heavy atom.